The van der Waals surface area contributed by atoms with Crippen molar-refractivity contribution < 1.29 is 24.3 Å². The molecule has 10 heteroatoms. The van der Waals surface area contributed by atoms with Gasteiger partial charge in [-0.15, -0.1) is 0 Å². The van der Waals surface area contributed by atoms with Crippen LogP contribution >= 0.6 is 0 Å². The Bertz CT molecular complexity index is 1190. The monoisotopic (exact) mass is 481 g/mol. The second-order valence-corrected chi connectivity index (χ2v) is 8.97. The molecule has 0 bridgehead atoms. The normalized spacial score (nSPS) is 18.1. The molecule has 3 aromatic rings. The first kappa shape index (κ1) is 24.6. The van der Waals surface area contributed by atoms with Crippen LogP contribution in [-0.2, 0) is 4.79 Å². The van der Waals surface area contributed by atoms with Gasteiger partial charge >= 0.3 is 5.97 Å². The van der Waals surface area contributed by atoms with Crippen LogP contribution in [0.15, 0.2) is 28.8 Å². The molecule has 0 saturated heterocycles. The van der Waals surface area contributed by atoms with Gasteiger partial charge < -0.3 is 30.1 Å². The third-order valence-corrected chi connectivity index (χ3v) is 6.22. The molecule has 2 aromatic heterocycles. The van der Waals surface area contributed by atoms with Crippen molar-refractivity contribution in [2.45, 2.75) is 45.8 Å². The lowest BCUT2D eigenvalue weighted by molar-refractivity contribution is -0.144. The Morgan fingerprint density at radius 2 is 2.03 bits per heavy atom. The summed E-state index contributed by atoms with van der Waals surface area (Å²) in [5.74, 6) is 1.29. The van der Waals surface area contributed by atoms with Gasteiger partial charge in [-0.3, -0.25) is 4.79 Å². The highest BCUT2D eigenvalue weighted by Crippen LogP contribution is 2.36. The molecule has 0 aliphatic heterocycles. The average molecular weight is 482 g/mol. The average Bonchev–Trinajstić information content (AvgIpc) is 3.13. The summed E-state index contributed by atoms with van der Waals surface area (Å²) in [6, 6.07) is 7.43. The van der Waals surface area contributed by atoms with Crippen molar-refractivity contribution in [3.63, 3.8) is 0 Å². The third kappa shape index (κ3) is 5.44. The molecule has 1 aliphatic rings. The standard InChI is InChI=1S/C25H31N5O5/c1-13-22(21-14(2)30-35-15(21)3)28-24(29-23(13)27-18-8-17(9-18)25(32)33)16-6-5-7-20(10-16)34-12-19(31)11-26-4/h5-7,10,17-19,26,31H,8-9,11-12H2,1-4H3,(H,32,33)(H,27,28,29). The number of carbonyl (C=O) groups is 1. The van der Waals surface area contributed by atoms with Crippen molar-refractivity contribution in [1.82, 2.24) is 20.4 Å². The number of anilines is 1. The number of nitrogens with zero attached hydrogens (tertiary/aromatic N) is 3. The zero-order valence-electron chi connectivity index (χ0n) is 20.3. The molecule has 0 spiro atoms. The first-order chi connectivity index (χ1) is 16.8. The zero-order valence-corrected chi connectivity index (χ0v) is 20.3. The summed E-state index contributed by atoms with van der Waals surface area (Å²) < 4.78 is 11.2. The summed E-state index contributed by atoms with van der Waals surface area (Å²) in [4.78, 5) is 20.9. The predicted molar refractivity (Wildman–Crippen MR) is 130 cm³/mol. The Hall–Kier alpha value is -3.50. The number of aliphatic hydroxyl groups excluding tert-OH is 1. The van der Waals surface area contributed by atoms with Crippen LogP contribution in [-0.4, -0.2) is 63.7 Å². The van der Waals surface area contributed by atoms with E-state index in [-0.39, 0.29) is 18.6 Å². The molecule has 10 nitrogen and oxygen atoms in total. The number of rotatable bonds is 10. The van der Waals surface area contributed by atoms with Gasteiger partial charge in [0.25, 0.3) is 0 Å². The predicted octanol–water partition coefficient (Wildman–Crippen LogP) is 2.96. The highest BCUT2D eigenvalue weighted by Gasteiger charge is 2.35. The van der Waals surface area contributed by atoms with Crippen LogP contribution in [0, 0.1) is 26.7 Å². The molecule has 1 atom stereocenters. The van der Waals surface area contributed by atoms with Gasteiger partial charge in [0.2, 0.25) is 0 Å². The Labute approximate surface area is 203 Å². The van der Waals surface area contributed by atoms with Crippen molar-refractivity contribution in [2.75, 3.05) is 25.5 Å². The lowest BCUT2D eigenvalue weighted by atomic mass is 9.80. The van der Waals surface area contributed by atoms with E-state index in [1.807, 2.05) is 45.0 Å². The van der Waals surface area contributed by atoms with Crippen LogP contribution < -0.4 is 15.4 Å². The number of aromatic nitrogens is 3. The lowest BCUT2D eigenvalue weighted by Gasteiger charge is -2.33. The summed E-state index contributed by atoms with van der Waals surface area (Å²) in [6.45, 7) is 6.24. The number of aliphatic hydroxyl groups is 1. The van der Waals surface area contributed by atoms with E-state index in [4.69, 9.17) is 19.2 Å². The van der Waals surface area contributed by atoms with E-state index in [0.29, 0.717) is 48.2 Å². The van der Waals surface area contributed by atoms with Gasteiger partial charge in [0, 0.05) is 23.7 Å². The first-order valence-electron chi connectivity index (χ1n) is 11.6. The minimum atomic E-state index is -0.767. The molecule has 4 rings (SSSR count). The van der Waals surface area contributed by atoms with Crippen molar-refractivity contribution in [2.24, 2.45) is 5.92 Å². The molecule has 186 valence electrons. The molecular weight excluding hydrogens is 450 g/mol. The minimum absolute atomic E-state index is 0.0263. The van der Waals surface area contributed by atoms with E-state index < -0.39 is 12.1 Å². The third-order valence-electron chi connectivity index (χ3n) is 6.22. The molecule has 35 heavy (non-hydrogen) atoms. The number of carboxylic acid groups (broad SMARTS) is 1. The Morgan fingerprint density at radius 1 is 1.26 bits per heavy atom. The van der Waals surface area contributed by atoms with Gasteiger partial charge in [0.1, 0.15) is 30.0 Å². The van der Waals surface area contributed by atoms with Crippen molar-refractivity contribution in [3.8, 4) is 28.4 Å². The molecule has 0 radical (unpaired) electrons. The summed E-state index contributed by atoms with van der Waals surface area (Å²) >= 11 is 0. The number of benzene rings is 1. The molecule has 4 N–H and O–H groups in total. The molecule has 2 heterocycles. The van der Waals surface area contributed by atoms with E-state index in [1.165, 1.54) is 0 Å². The molecule has 1 aliphatic carbocycles. The quantitative estimate of drug-likeness (QED) is 0.341. The van der Waals surface area contributed by atoms with Gasteiger partial charge in [-0.1, -0.05) is 17.3 Å². The fourth-order valence-corrected chi connectivity index (χ4v) is 4.19. The number of hydrogen-bond acceptors (Lipinski definition) is 9. The maximum Gasteiger partial charge on any atom is 0.306 e. The smallest absolute Gasteiger partial charge is 0.306 e. The molecular formula is C25H31N5O5. The summed E-state index contributed by atoms with van der Waals surface area (Å²) in [6.07, 6.45) is 0.471. The molecule has 1 fully saturated rings. The second-order valence-electron chi connectivity index (χ2n) is 8.97. The van der Waals surface area contributed by atoms with Crippen LogP contribution in [0.3, 0.4) is 0 Å². The second kappa shape index (κ2) is 10.4. The van der Waals surface area contributed by atoms with E-state index in [2.05, 4.69) is 15.8 Å². The highest BCUT2D eigenvalue weighted by molar-refractivity contribution is 5.75. The van der Waals surface area contributed by atoms with E-state index in [9.17, 15) is 15.0 Å². The molecule has 1 unspecified atom stereocenters. The molecule has 1 aromatic carbocycles. The first-order valence-corrected chi connectivity index (χ1v) is 11.6. The van der Waals surface area contributed by atoms with E-state index >= 15 is 0 Å². The van der Waals surface area contributed by atoms with Gasteiger partial charge in [-0.05, 0) is 52.8 Å². The maximum absolute atomic E-state index is 11.2. The lowest BCUT2D eigenvalue weighted by Crippen LogP contribution is -2.39. The minimum Gasteiger partial charge on any atom is -0.491 e. The van der Waals surface area contributed by atoms with Crippen LogP contribution in [0.5, 0.6) is 5.75 Å². The van der Waals surface area contributed by atoms with Crippen LogP contribution in [0.25, 0.3) is 22.6 Å². The topological polar surface area (TPSA) is 143 Å². The van der Waals surface area contributed by atoms with Gasteiger partial charge in [0.15, 0.2) is 5.82 Å². The number of ether oxygens (including phenoxy) is 1. The Morgan fingerprint density at radius 3 is 2.69 bits per heavy atom. The van der Waals surface area contributed by atoms with Crippen LogP contribution in [0.2, 0.25) is 0 Å². The van der Waals surface area contributed by atoms with Crippen molar-refractivity contribution >= 4 is 11.8 Å². The number of carboxylic acids is 1. The van der Waals surface area contributed by atoms with Gasteiger partial charge in [-0.2, -0.15) is 0 Å². The zero-order chi connectivity index (χ0) is 25.1. The number of aryl methyl sites for hydroxylation is 2. The van der Waals surface area contributed by atoms with Crippen LogP contribution in [0.1, 0.15) is 29.9 Å². The highest BCUT2D eigenvalue weighted by atomic mass is 16.5. The van der Waals surface area contributed by atoms with Crippen molar-refractivity contribution in [3.05, 3.63) is 41.3 Å². The molecule has 0 amide bonds. The fraction of sp³-hybridized carbons (Fsp3) is 0.440. The number of aliphatic carboxylic acids is 1. The number of likely N-dealkylation sites (N-methyl/N-ethyl adjacent to an activating group) is 1. The summed E-state index contributed by atoms with van der Waals surface area (Å²) in [5.41, 5.74) is 3.84. The Balaban J connectivity index is 1.68. The van der Waals surface area contributed by atoms with Gasteiger partial charge in [0.05, 0.1) is 22.9 Å². The molecule has 1 saturated carbocycles. The largest absolute Gasteiger partial charge is 0.491 e. The number of hydrogen-bond donors (Lipinski definition) is 4. The summed E-state index contributed by atoms with van der Waals surface area (Å²) in [7, 11) is 1.77. The maximum atomic E-state index is 11.2. The van der Waals surface area contributed by atoms with E-state index in [1.54, 1.807) is 7.05 Å². The number of nitrogens with one attached hydrogen (secondary N) is 2. The Kier molecular flexibility index (Phi) is 7.32. The summed E-state index contributed by atoms with van der Waals surface area (Å²) in [5, 5.41) is 29.6. The van der Waals surface area contributed by atoms with Crippen LogP contribution in [0.4, 0.5) is 5.82 Å². The SMILES string of the molecule is CNCC(O)COc1cccc(-c2nc(NC3CC(C(=O)O)C3)c(C)c(-c3c(C)noc3C)n2)c1. The fourth-order valence-electron chi connectivity index (χ4n) is 4.19. The van der Waals surface area contributed by atoms with Crippen molar-refractivity contribution in [1.29, 1.82) is 0 Å². The van der Waals surface area contributed by atoms with Gasteiger partial charge in [-0.25, -0.2) is 9.97 Å². The van der Waals surface area contributed by atoms with E-state index in [0.717, 1.165) is 22.4 Å².